The van der Waals surface area contributed by atoms with Crippen LogP contribution in [0.2, 0.25) is 0 Å². The topological polar surface area (TPSA) is 12.9 Å². The highest BCUT2D eigenvalue weighted by Gasteiger charge is 1.81. The first-order valence-corrected chi connectivity index (χ1v) is 2.83. The van der Waals surface area contributed by atoms with Gasteiger partial charge in [-0.2, -0.15) is 0 Å². The van der Waals surface area contributed by atoms with Crippen molar-refractivity contribution >= 4 is 24.8 Å². The van der Waals surface area contributed by atoms with Gasteiger partial charge in [0.05, 0.1) is 0 Å². The molecule has 1 heterocycles. The van der Waals surface area contributed by atoms with E-state index in [1.54, 1.807) is 0 Å². The Balaban J connectivity index is 0. The second-order valence-corrected chi connectivity index (χ2v) is 1.67. The molecule has 1 nitrogen and oxygen atoms in total. The van der Waals surface area contributed by atoms with Gasteiger partial charge < -0.3 is 0 Å². The predicted molar refractivity (Wildman–Crippen MR) is 48.1 cm³/mol. The maximum absolute atomic E-state index is 4.10. The summed E-state index contributed by atoms with van der Waals surface area (Å²) in [5.41, 5.74) is 1.16. The smallest absolute Gasteiger partial charge is 0.0400 e. The first kappa shape index (κ1) is 12.4. The van der Waals surface area contributed by atoms with E-state index in [0.29, 0.717) is 0 Å². The van der Waals surface area contributed by atoms with Gasteiger partial charge in [-0.15, -0.1) is 24.8 Å². The fourth-order valence-corrected chi connectivity index (χ4v) is 0.607. The highest BCUT2D eigenvalue weighted by molar-refractivity contribution is 5.85. The summed E-state index contributed by atoms with van der Waals surface area (Å²) >= 11 is 0. The zero-order chi connectivity index (χ0) is 5.82. The fourth-order valence-electron chi connectivity index (χ4n) is 0.607. The van der Waals surface area contributed by atoms with Gasteiger partial charge in [0, 0.05) is 11.9 Å². The van der Waals surface area contributed by atoms with Crippen molar-refractivity contribution in [2.24, 2.45) is 0 Å². The molecule has 10 heavy (non-hydrogen) atoms. The molecular weight excluding hydrogens is 169 g/mol. The van der Waals surface area contributed by atoms with E-state index in [1.807, 2.05) is 24.4 Å². The molecule has 0 amide bonds. The first-order valence-electron chi connectivity index (χ1n) is 2.83. The predicted octanol–water partition coefficient (Wildman–Crippen LogP) is 2.49. The lowest BCUT2D eigenvalue weighted by atomic mass is 10.3. The Bertz CT molecular complexity index is 153. The zero-order valence-corrected chi connectivity index (χ0v) is 7.41. The third-order valence-corrected chi connectivity index (χ3v) is 1.09. The Morgan fingerprint density at radius 1 is 1.30 bits per heavy atom. The van der Waals surface area contributed by atoms with Crippen molar-refractivity contribution in [2.45, 2.75) is 13.3 Å². The van der Waals surface area contributed by atoms with Crippen LogP contribution in [-0.2, 0) is 6.42 Å². The Morgan fingerprint density at radius 3 is 2.30 bits per heavy atom. The molecule has 0 unspecified atom stereocenters. The second kappa shape index (κ2) is 6.84. The number of rotatable bonds is 1. The van der Waals surface area contributed by atoms with Gasteiger partial charge in [0.1, 0.15) is 0 Å². The van der Waals surface area contributed by atoms with Crippen LogP contribution in [0.1, 0.15) is 12.6 Å². The van der Waals surface area contributed by atoms with Crippen LogP contribution >= 0.6 is 24.8 Å². The number of nitrogens with zero attached hydrogens (tertiary/aromatic N) is 1. The average molecular weight is 180 g/mol. The summed E-state index contributed by atoms with van der Waals surface area (Å²) in [7, 11) is 0. The molecular formula is C7H11Cl2N. The monoisotopic (exact) mass is 179 g/mol. The van der Waals surface area contributed by atoms with Crippen molar-refractivity contribution in [3.63, 3.8) is 0 Å². The van der Waals surface area contributed by atoms with Crippen LogP contribution in [0.25, 0.3) is 0 Å². The van der Waals surface area contributed by atoms with E-state index in [2.05, 4.69) is 11.9 Å². The molecule has 0 fully saturated rings. The second-order valence-electron chi connectivity index (χ2n) is 1.67. The summed E-state index contributed by atoms with van der Waals surface area (Å²) in [6, 6.07) is 5.96. The fraction of sp³-hybridized carbons (Fsp3) is 0.286. The van der Waals surface area contributed by atoms with Gasteiger partial charge in [0.2, 0.25) is 0 Å². The largest absolute Gasteiger partial charge is 0.261 e. The molecule has 0 radical (unpaired) electrons. The molecule has 0 aliphatic heterocycles. The SMILES string of the molecule is CCc1ccccn1.Cl.Cl. The summed E-state index contributed by atoms with van der Waals surface area (Å²) < 4.78 is 0. The lowest BCUT2D eigenvalue weighted by molar-refractivity contribution is 1.04. The Labute approximate surface area is 73.7 Å². The van der Waals surface area contributed by atoms with E-state index in [4.69, 9.17) is 0 Å². The summed E-state index contributed by atoms with van der Waals surface area (Å²) in [6.45, 7) is 2.10. The molecule has 0 atom stereocenters. The van der Waals surface area contributed by atoms with Crippen LogP contribution in [0, 0.1) is 0 Å². The van der Waals surface area contributed by atoms with Crippen molar-refractivity contribution in [3.05, 3.63) is 30.1 Å². The van der Waals surface area contributed by atoms with Crippen LogP contribution in [-0.4, -0.2) is 4.98 Å². The highest BCUT2D eigenvalue weighted by atomic mass is 35.5. The molecule has 1 aromatic heterocycles. The minimum Gasteiger partial charge on any atom is -0.261 e. The van der Waals surface area contributed by atoms with Crippen LogP contribution < -0.4 is 0 Å². The Morgan fingerprint density at radius 2 is 2.00 bits per heavy atom. The molecule has 3 heteroatoms. The quantitative estimate of drug-likeness (QED) is 0.646. The highest BCUT2D eigenvalue weighted by Crippen LogP contribution is 1.91. The van der Waals surface area contributed by atoms with Crippen LogP contribution in [0.3, 0.4) is 0 Å². The van der Waals surface area contributed by atoms with Gasteiger partial charge in [-0.25, -0.2) is 0 Å². The third kappa shape index (κ3) is 3.70. The molecule has 0 saturated heterocycles. The van der Waals surface area contributed by atoms with E-state index in [9.17, 15) is 0 Å². The van der Waals surface area contributed by atoms with Crippen LogP contribution in [0.4, 0.5) is 0 Å². The van der Waals surface area contributed by atoms with Crippen LogP contribution in [0.5, 0.6) is 0 Å². The number of pyridine rings is 1. The Kier molecular flexibility index (Phi) is 8.49. The summed E-state index contributed by atoms with van der Waals surface area (Å²) in [6.07, 6.45) is 2.85. The maximum Gasteiger partial charge on any atom is 0.0400 e. The number of halogens is 2. The van der Waals surface area contributed by atoms with E-state index in [1.165, 1.54) is 0 Å². The molecule has 0 aliphatic rings. The summed E-state index contributed by atoms with van der Waals surface area (Å²) in [4.78, 5) is 4.10. The van der Waals surface area contributed by atoms with E-state index in [-0.39, 0.29) is 24.8 Å². The minimum atomic E-state index is 0. The summed E-state index contributed by atoms with van der Waals surface area (Å²) in [5.74, 6) is 0. The van der Waals surface area contributed by atoms with E-state index >= 15 is 0 Å². The minimum absolute atomic E-state index is 0. The molecule has 58 valence electrons. The lowest BCUT2D eigenvalue weighted by Gasteiger charge is -1.88. The number of hydrogen-bond acceptors (Lipinski definition) is 1. The Hall–Kier alpha value is -0.270. The number of hydrogen-bond donors (Lipinski definition) is 0. The van der Waals surface area contributed by atoms with Crippen molar-refractivity contribution < 1.29 is 0 Å². The van der Waals surface area contributed by atoms with Crippen molar-refractivity contribution in [2.75, 3.05) is 0 Å². The van der Waals surface area contributed by atoms with E-state index in [0.717, 1.165) is 12.1 Å². The number of aromatic nitrogens is 1. The molecule has 0 N–H and O–H groups in total. The zero-order valence-electron chi connectivity index (χ0n) is 5.78. The van der Waals surface area contributed by atoms with Gasteiger partial charge in [-0.05, 0) is 18.6 Å². The molecule has 1 aromatic rings. The van der Waals surface area contributed by atoms with Crippen molar-refractivity contribution in [1.29, 1.82) is 0 Å². The van der Waals surface area contributed by atoms with Crippen LogP contribution in [0.15, 0.2) is 24.4 Å². The third-order valence-electron chi connectivity index (χ3n) is 1.09. The first-order chi connectivity index (χ1) is 3.93. The molecule has 0 aliphatic carbocycles. The molecule has 0 bridgehead atoms. The normalized spacial score (nSPS) is 7.30. The molecule has 0 saturated carbocycles. The average Bonchev–Trinajstić information content (AvgIpc) is 1.90. The van der Waals surface area contributed by atoms with Crippen molar-refractivity contribution in [3.8, 4) is 0 Å². The van der Waals surface area contributed by atoms with Gasteiger partial charge in [0.15, 0.2) is 0 Å². The molecule has 0 aromatic carbocycles. The molecule has 1 rings (SSSR count). The van der Waals surface area contributed by atoms with Gasteiger partial charge in [0.25, 0.3) is 0 Å². The lowest BCUT2D eigenvalue weighted by Crippen LogP contribution is -1.81. The van der Waals surface area contributed by atoms with Gasteiger partial charge >= 0.3 is 0 Å². The van der Waals surface area contributed by atoms with Gasteiger partial charge in [-0.3, -0.25) is 4.98 Å². The van der Waals surface area contributed by atoms with Gasteiger partial charge in [-0.1, -0.05) is 13.0 Å². The number of aryl methyl sites for hydroxylation is 1. The standard InChI is InChI=1S/C7H9N.2ClH/c1-2-7-5-3-4-6-8-7;;/h3-6H,2H2,1H3;2*1H. The van der Waals surface area contributed by atoms with E-state index < -0.39 is 0 Å². The maximum atomic E-state index is 4.10. The molecule has 0 spiro atoms. The summed E-state index contributed by atoms with van der Waals surface area (Å²) in [5, 5.41) is 0. The van der Waals surface area contributed by atoms with Crippen molar-refractivity contribution in [1.82, 2.24) is 4.98 Å².